The molecular weight excluding hydrogens is 711 g/mol. The summed E-state index contributed by atoms with van der Waals surface area (Å²) in [5, 5.41) is 9.88. The summed E-state index contributed by atoms with van der Waals surface area (Å²) in [4.78, 5) is 2.45. The van der Waals surface area contributed by atoms with Crippen LogP contribution >= 0.6 is 0 Å². The van der Waals surface area contributed by atoms with E-state index in [-0.39, 0.29) is 0 Å². The first-order valence-electron chi connectivity index (χ1n) is 20.3. The SMILES string of the molecule is c1ccc(-c2cc(N(c3ccc(-c4cccc5ccccc45)cc3)c3cccc4ccccc34)cc(-c3ccccc3)c2-c2cc3ccccc3c3ccccc23)cc1. The predicted molar refractivity (Wildman–Crippen MR) is 253 cm³/mol. The third kappa shape index (κ3) is 6.12. The largest absolute Gasteiger partial charge is 0.310 e. The number of benzene rings is 11. The minimum absolute atomic E-state index is 1.09. The van der Waals surface area contributed by atoms with Gasteiger partial charge >= 0.3 is 0 Å². The summed E-state index contributed by atoms with van der Waals surface area (Å²) in [5.41, 5.74) is 12.9. The fourth-order valence-electron chi connectivity index (χ4n) is 9.10. The molecule has 11 aromatic rings. The highest BCUT2D eigenvalue weighted by Crippen LogP contribution is 2.49. The molecule has 0 spiro atoms. The van der Waals surface area contributed by atoms with E-state index in [0.717, 1.165) is 17.1 Å². The number of nitrogens with zero attached hydrogens (tertiary/aromatic N) is 1. The van der Waals surface area contributed by atoms with Gasteiger partial charge in [-0.3, -0.25) is 0 Å². The number of fused-ring (bicyclic) bond motifs is 5. The first kappa shape index (κ1) is 34.5. The van der Waals surface area contributed by atoms with Crippen molar-refractivity contribution in [2.75, 3.05) is 4.90 Å². The van der Waals surface area contributed by atoms with Gasteiger partial charge in [0.1, 0.15) is 0 Å². The standard InChI is InChI=1S/C58H39N/c1-3-17-42(18-4-1)54-38-47(39-55(43-19-5-2-6-20-43)58(54)56-37-45-23-9-11-27-50(45)52-29-13-14-30-53(52)56)59(57-32-16-25-41-22-8-12-28-51(41)57)46-35-33-44(34-36-46)49-31-15-24-40-21-7-10-26-48(40)49/h1-39H. The van der Waals surface area contributed by atoms with Crippen LogP contribution < -0.4 is 4.90 Å². The Kier molecular flexibility index (Phi) is 8.56. The monoisotopic (exact) mass is 749 g/mol. The Labute approximate surface area is 344 Å². The zero-order valence-electron chi connectivity index (χ0n) is 32.5. The summed E-state index contributed by atoms with van der Waals surface area (Å²) in [6.07, 6.45) is 0. The Hall–Kier alpha value is -7.74. The van der Waals surface area contributed by atoms with Crippen LogP contribution in [-0.4, -0.2) is 0 Å². The van der Waals surface area contributed by atoms with Crippen molar-refractivity contribution in [1.29, 1.82) is 0 Å². The topological polar surface area (TPSA) is 3.24 Å². The van der Waals surface area contributed by atoms with E-state index < -0.39 is 0 Å². The lowest BCUT2D eigenvalue weighted by molar-refractivity contribution is 1.30. The highest BCUT2D eigenvalue weighted by molar-refractivity contribution is 6.17. The van der Waals surface area contributed by atoms with Crippen molar-refractivity contribution in [3.8, 4) is 44.5 Å². The molecule has 0 unspecified atom stereocenters. The van der Waals surface area contributed by atoms with Gasteiger partial charge in [0.15, 0.2) is 0 Å². The van der Waals surface area contributed by atoms with E-state index in [9.17, 15) is 0 Å². The maximum atomic E-state index is 2.45. The minimum atomic E-state index is 1.09. The van der Waals surface area contributed by atoms with Gasteiger partial charge in [0, 0.05) is 16.8 Å². The molecule has 0 fully saturated rings. The number of hydrogen-bond acceptors (Lipinski definition) is 1. The summed E-state index contributed by atoms with van der Waals surface area (Å²) in [7, 11) is 0. The molecule has 0 aliphatic rings. The predicted octanol–water partition coefficient (Wildman–Crippen LogP) is 16.4. The zero-order chi connectivity index (χ0) is 39.1. The number of anilines is 3. The molecule has 1 heteroatoms. The van der Waals surface area contributed by atoms with Gasteiger partial charge in [-0.15, -0.1) is 0 Å². The highest BCUT2D eigenvalue weighted by Gasteiger charge is 2.23. The average molecular weight is 750 g/mol. The second-order valence-electron chi connectivity index (χ2n) is 15.2. The van der Waals surface area contributed by atoms with Crippen LogP contribution in [0.25, 0.3) is 87.6 Å². The fourth-order valence-corrected chi connectivity index (χ4v) is 9.10. The lowest BCUT2D eigenvalue weighted by Gasteiger charge is -2.30. The molecule has 0 N–H and O–H groups in total. The number of rotatable bonds is 7. The molecule has 11 aromatic carbocycles. The van der Waals surface area contributed by atoms with Gasteiger partial charge in [-0.2, -0.15) is 0 Å². The van der Waals surface area contributed by atoms with Gasteiger partial charge in [0.2, 0.25) is 0 Å². The Morgan fingerprint density at radius 3 is 1.37 bits per heavy atom. The van der Waals surface area contributed by atoms with Crippen LogP contribution in [0.3, 0.4) is 0 Å². The van der Waals surface area contributed by atoms with Crippen molar-refractivity contribution in [3.05, 3.63) is 237 Å². The summed E-state index contributed by atoms with van der Waals surface area (Å²) < 4.78 is 0. The molecule has 0 aliphatic heterocycles. The van der Waals surface area contributed by atoms with E-state index in [0.29, 0.717) is 0 Å². The molecular formula is C58H39N. The molecule has 0 atom stereocenters. The van der Waals surface area contributed by atoms with Crippen LogP contribution in [0.1, 0.15) is 0 Å². The van der Waals surface area contributed by atoms with E-state index in [1.54, 1.807) is 0 Å². The van der Waals surface area contributed by atoms with Crippen molar-refractivity contribution in [2.24, 2.45) is 0 Å². The van der Waals surface area contributed by atoms with Crippen molar-refractivity contribution < 1.29 is 0 Å². The van der Waals surface area contributed by atoms with Gasteiger partial charge in [0.25, 0.3) is 0 Å². The Morgan fingerprint density at radius 1 is 0.237 bits per heavy atom. The molecule has 276 valence electrons. The Morgan fingerprint density at radius 2 is 0.712 bits per heavy atom. The molecule has 0 aliphatic carbocycles. The summed E-state index contributed by atoms with van der Waals surface area (Å²) in [6.45, 7) is 0. The molecule has 0 saturated heterocycles. The minimum Gasteiger partial charge on any atom is -0.310 e. The summed E-state index contributed by atoms with van der Waals surface area (Å²) >= 11 is 0. The zero-order valence-corrected chi connectivity index (χ0v) is 32.5. The maximum Gasteiger partial charge on any atom is 0.0540 e. The summed E-state index contributed by atoms with van der Waals surface area (Å²) in [6, 6.07) is 86.5. The second kappa shape index (κ2) is 14.6. The molecule has 0 amide bonds. The van der Waals surface area contributed by atoms with Crippen LogP contribution in [0.2, 0.25) is 0 Å². The van der Waals surface area contributed by atoms with Crippen LogP contribution in [-0.2, 0) is 0 Å². The highest BCUT2D eigenvalue weighted by atomic mass is 15.1. The van der Waals surface area contributed by atoms with Gasteiger partial charge in [-0.25, -0.2) is 0 Å². The fraction of sp³-hybridized carbons (Fsp3) is 0. The normalized spacial score (nSPS) is 11.4. The van der Waals surface area contributed by atoms with E-state index in [1.165, 1.54) is 87.6 Å². The van der Waals surface area contributed by atoms with Crippen LogP contribution in [0, 0.1) is 0 Å². The molecule has 1 nitrogen and oxygen atoms in total. The lowest BCUT2D eigenvalue weighted by atomic mass is 9.83. The molecule has 0 heterocycles. The van der Waals surface area contributed by atoms with E-state index >= 15 is 0 Å². The summed E-state index contributed by atoms with van der Waals surface area (Å²) in [5.74, 6) is 0. The maximum absolute atomic E-state index is 2.45. The van der Waals surface area contributed by atoms with Crippen molar-refractivity contribution in [1.82, 2.24) is 0 Å². The lowest BCUT2D eigenvalue weighted by Crippen LogP contribution is -2.11. The third-order valence-electron chi connectivity index (χ3n) is 11.8. The molecule has 11 rings (SSSR count). The molecule has 0 saturated carbocycles. The molecule has 0 bridgehead atoms. The van der Waals surface area contributed by atoms with Crippen molar-refractivity contribution in [2.45, 2.75) is 0 Å². The Bertz CT molecular complexity index is 3240. The molecule has 0 aromatic heterocycles. The molecule has 0 radical (unpaired) electrons. The molecule has 59 heavy (non-hydrogen) atoms. The van der Waals surface area contributed by atoms with Gasteiger partial charge < -0.3 is 4.90 Å². The van der Waals surface area contributed by atoms with E-state index in [2.05, 4.69) is 241 Å². The first-order chi connectivity index (χ1) is 29.3. The van der Waals surface area contributed by atoms with Crippen molar-refractivity contribution in [3.63, 3.8) is 0 Å². The smallest absolute Gasteiger partial charge is 0.0540 e. The van der Waals surface area contributed by atoms with Crippen LogP contribution in [0.5, 0.6) is 0 Å². The van der Waals surface area contributed by atoms with Crippen LogP contribution in [0.4, 0.5) is 17.1 Å². The van der Waals surface area contributed by atoms with Crippen molar-refractivity contribution >= 4 is 60.2 Å². The first-order valence-corrected chi connectivity index (χ1v) is 20.3. The van der Waals surface area contributed by atoms with Gasteiger partial charge in [-0.1, -0.05) is 200 Å². The Balaban J connectivity index is 1.22. The van der Waals surface area contributed by atoms with Gasteiger partial charge in [0.05, 0.1) is 5.69 Å². The second-order valence-corrected chi connectivity index (χ2v) is 15.2. The average Bonchev–Trinajstić information content (AvgIpc) is 3.32. The van der Waals surface area contributed by atoms with Crippen LogP contribution in [0.15, 0.2) is 237 Å². The van der Waals surface area contributed by atoms with Gasteiger partial charge in [-0.05, 0) is 119 Å². The van der Waals surface area contributed by atoms with E-state index in [4.69, 9.17) is 0 Å². The third-order valence-corrected chi connectivity index (χ3v) is 11.8. The number of hydrogen-bond donors (Lipinski definition) is 0. The quantitative estimate of drug-likeness (QED) is 0.147. The van der Waals surface area contributed by atoms with E-state index in [1.807, 2.05) is 0 Å².